The summed E-state index contributed by atoms with van der Waals surface area (Å²) in [5, 5.41) is 5.89. The molecule has 2 aromatic carbocycles. The molecule has 2 amide bonds. The van der Waals surface area contributed by atoms with Crippen molar-refractivity contribution >= 4 is 6.03 Å². The molecule has 0 saturated carbocycles. The van der Waals surface area contributed by atoms with Gasteiger partial charge in [0.25, 0.3) is 0 Å². The number of carbonyl (C=O) groups excluding carboxylic acids is 1. The second-order valence-corrected chi connectivity index (χ2v) is 6.24. The Bertz CT molecular complexity index is 921. The third kappa shape index (κ3) is 4.43. The molecule has 0 radical (unpaired) electrons. The summed E-state index contributed by atoms with van der Waals surface area (Å²) >= 11 is 0. The number of nitrogens with one attached hydrogen (secondary N) is 2. The van der Waals surface area contributed by atoms with Crippen LogP contribution in [0.15, 0.2) is 60.9 Å². The number of ether oxygens (including phenoxy) is 2. The van der Waals surface area contributed by atoms with E-state index in [1.165, 1.54) is 0 Å². The molecule has 1 heterocycles. The minimum absolute atomic E-state index is 0.297. The first-order valence-electron chi connectivity index (χ1n) is 8.89. The number of aromatic nitrogens is 2. The highest BCUT2D eigenvalue weighted by molar-refractivity contribution is 5.75. The Morgan fingerprint density at radius 3 is 2.50 bits per heavy atom. The zero-order chi connectivity index (χ0) is 19.9. The topological polar surface area (TPSA) is 77.4 Å². The highest BCUT2D eigenvalue weighted by atomic mass is 16.5. The van der Waals surface area contributed by atoms with Crippen LogP contribution in [0.3, 0.4) is 0 Å². The predicted octanol–water partition coefficient (Wildman–Crippen LogP) is 3.03. The number of nitrogens with zero attached hydrogens (tertiary/aromatic N) is 2. The van der Waals surface area contributed by atoms with Crippen molar-refractivity contribution in [1.29, 1.82) is 0 Å². The Morgan fingerprint density at radius 1 is 1.11 bits per heavy atom. The van der Waals surface area contributed by atoms with Gasteiger partial charge in [-0.3, -0.25) is 0 Å². The molecule has 0 fully saturated rings. The van der Waals surface area contributed by atoms with E-state index in [-0.39, 0.29) is 6.03 Å². The monoisotopic (exact) mass is 380 g/mol. The maximum Gasteiger partial charge on any atom is 0.315 e. The smallest absolute Gasteiger partial charge is 0.315 e. The first-order valence-corrected chi connectivity index (χ1v) is 8.89. The summed E-state index contributed by atoms with van der Waals surface area (Å²) in [5.41, 5.74) is 1.81. The van der Waals surface area contributed by atoms with Gasteiger partial charge >= 0.3 is 6.03 Å². The fourth-order valence-electron chi connectivity index (χ4n) is 2.96. The van der Waals surface area contributed by atoms with E-state index in [1.807, 2.05) is 66.3 Å². The Morgan fingerprint density at radius 2 is 1.86 bits per heavy atom. The summed E-state index contributed by atoms with van der Waals surface area (Å²) < 4.78 is 12.4. The highest BCUT2D eigenvalue weighted by Crippen LogP contribution is 2.23. The van der Waals surface area contributed by atoms with E-state index in [2.05, 4.69) is 15.6 Å². The lowest BCUT2D eigenvalue weighted by molar-refractivity contribution is 0.237. The van der Waals surface area contributed by atoms with Crippen molar-refractivity contribution in [3.05, 3.63) is 77.9 Å². The molecule has 1 aromatic heterocycles. The predicted molar refractivity (Wildman–Crippen MR) is 106 cm³/mol. The van der Waals surface area contributed by atoms with Gasteiger partial charge in [0.2, 0.25) is 0 Å². The van der Waals surface area contributed by atoms with Gasteiger partial charge in [-0.15, -0.1) is 0 Å². The van der Waals surface area contributed by atoms with Crippen molar-refractivity contribution in [2.24, 2.45) is 7.05 Å². The molecule has 0 aliphatic carbocycles. The van der Waals surface area contributed by atoms with E-state index in [1.54, 1.807) is 20.4 Å². The summed E-state index contributed by atoms with van der Waals surface area (Å²) in [6, 6.07) is 14.4. The van der Waals surface area contributed by atoms with Crippen molar-refractivity contribution < 1.29 is 14.3 Å². The molecule has 0 spiro atoms. The van der Waals surface area contributed by atoms with E-state index < -0.39 is 6.04 Å². The van der Waals surface area contributed by atoms with Gasteiger partial charge in [0.15, 0.2) is 0 Å². The SMILES string of the molecule is COc1ccc(C(NC(=O)NCc2ccccc2OC)c2nccn2C)cc1. The number of amides is 2. The molecule has 2 N–H and O–H groups in total. The molecule has 28 heavy (non-hydrogen) atoms. The molecule has 1 atom stereocenters. The number of imidazole rings is 1. The summed E-state index contributed by atoms with van der Waals surface area (Å²) in [5.74, 6) is 2.22. The lowest BCUT2D eigenvalue weighted by Crippen LogP contribution is -2.39. The van der Waals surface area contributed by atoms with Crippen LogP contribution in [0.2, 0.25) is 0 Å². The number of carbonyl (C=O) groups is 1. The van der Waals surface area contributed by atoms with E-state index in [4.69, 9.17) is 9.47 Å². The Hall–Kier alpha value is -3.48. The fraction of sp³-hybridized carbons (Fsp3) is 0.238. The Kier molecular flexibility index (Phi) is 6.16. The molecule has 146 valence electrons. The highest BCUT2D eigenvalue weighted by Gasteiger charge is 2.21. The van der Waals surface area contributed by atoms with Crippen molar-refractivity contribution in [1.82, 2.24) is 20.2 Å². The second-order valence-electron chi connectivity index (χ2n) is 6.24. The molecule has 0 saturated heterocycles. The van der Waals surface area contributed by atoms with Crippen LogP contribution in [0.25, 0.3) is 0 Å². The molecule has 0 aliphatic heterocycles. The minimum Gasteiger partial charge on any atom is -0.497 e. The van der Waals surface area contributed by atoms with Crippen LogP contribution in [-0.4, -0.2) is 29.8 Å². The lowest BCUT2D eigenvalue weighted by Gasteiger charge is -2.20. The number of methoxy groups -OCH3 is 2. The first kappa shape index (κ1) is 19.3. The number of hydrogen-bond donors (Lipinski definition) is 2. The van der Waals surface area contributed by atoms with E-state index in [0.29, 0.717) is 6.54 Å². The Labute approximate surface area is 164 Å². The lowest BCUT2D eigenvalue weighted by atomic mass is 10.1. The number of rotatable bonds is 7. The van der Waals surface area contributed by atoms with Crippen LogP contribution in [0.5, 0.6) is 11.5 Å². The number of hydrogen-bond acceptors (Lipinski definition) is 4. The number of aryl methyl sites for hydroxylation is 1. The fourth-order valence-corrected chi connectivity index (χ4v) is 2.96. The van der Waals surface area contributed by atoms with Crippen LogP contribution in [-0.2, 0) is 13.6 Å². The zero-order valence-electron chi connectivity index (χ0n) is 16.2. The largest absolute Gasteiger partial charge is 0.497 e. The quantitative estimate of drug-likeness (QED) is 0.661. The van der Waals surface area contributed by atoms with Crippen molar-refractivity contribution in [3.8, 4) is 11.5 Å². The van der Waals surface area contributed by atoms with Gasteiger partial charge in [0.05, 0.1) is 14.2 Å². The van der Waals surface area contributed by atoms with Crippen LogP contribution < -0.4 is 20.1 Å². The van der Waals surface area contributed by atoms with Gasteiger partial charge in [-0.05, 0) is 23.8 Å². The van der Waals surface area contributed by atoms with Gasteiger partial charge in [0, 0.05) is 31.5 Å². The number of benzene rings is 2. The van der Waals surface area contributed by atoms with Gasteiger partial charge in [-0.2, -0.15) is 0 Å². The molecule has 0 aliphatic rings. The van der Waals surface area contributed by atoms with Crippen LogP contribution in [0.4, 0.5) is 4.79 Å². The van der Waals surface area contributed by atoms with Crippen LogP contribution in [0, 0.1) is 0 Å². The molecule has 3 rings (SSSR count). The third-order valence-electron chi connectivity index (χ3n) is 4.47. The summed E-state index contributed by atoms with van der Waals surface area (Å²) in [4.78, 5) is 17.0. The van der Waals surface area contributed by atoms with Crippen molar-refractivity contribution in [2.75, 3.05) is 14.2 Å². The summed E-state index contributed by atoms with van der Waals surface area (Å²) in [6.07, 6.45) is 3.56. The second kappa shape index (κ2) is 8.94. The van der Waals surface area contributed by atoms with Gasteiger partial charge in [-0.25, -0.2) is 9.78 Å². The van der Waals surface area contributed by atoms with Crippen LogP contribution >= 0.6 is 0 Å². The van der Waals surface area contributed by atoms with E-state index >= 15 is 0 Å². The minimum atomic E-state index is -0.399. The van der Waals surface area contributed by atoms with Gasteiger partial charge in [0.1, 0.15) is 23.4 Å². The van der Waals surface area contributed by atoms with Gasteiger partial charge in [-0.1, -0.05) is 30.3 Å². The first-order chi connectivity index (χ1) is 13.6. The molecule has 1 unspecified atom stereocenters. The zero-order valence-corrected chi connectivity index (χ0v) is 16.2. The van der Waals surface area contributed by atoms with Crippen molar-refractivity contribution in [2.45, 2.75) is 12.6 Å². The number of urea groups is 1. The van der Waals surface area contributed by atoms with E-state index in [0.717, 1.165) is 28.5 Å². The molecular weight excluding hydrogens is 356 g/mol. The third-order valence-corrected chi connectivity index (χ3v) is 4.47. The Balaban J connectivity index is 1.75. The molecule has 3 aromatic rings. The molecule has 7 heteroatoms. The standard InChI is InChI=1S/C21H24N4O3/c1-25-13-12-22-20(25)19(15-8-10-17(27-2)11-9-15)24-21(26)23-14-16-6-4-5-7-18(16)28-3/h4-13,19H,14H2,1-3H3,(H2,23,24,26). The number of para-hydroxylation sites is 1. The van der Waals surface area contributed by atoms with Crippen LogP contribution in [0.1, 0.15) is 23.0 Å². The van der Waals surface area contributed by atoms with E-state index in [9.17, 15) is 4.79 Å². The summed E-state index contributed by atoms with van der Waals surface area (Å²) in [7, 11) is 5.13. The molecule has 7 nitrogen and oxygen atoms in total. The molecular formula is C21H24N4O3. The average molecular weight is 380 g/mol. The maximum absolute atomic E-state index is 12.6. The summed E-state index contributed by atoms with van der Waals surface area (Å²) in [6.45, 7) is 0.353. The average Bonchev–Trinajstić information content (AvgIpc) is 3.16. The molecule has 0 bridgehead atoms. The maximum atomic E-state index is 12.6. The normalized spacial score (nSPS) is 11.5. The van der Waals surface area contributed by atoms with Crippen molar-refractivity contribution in [3.63, 3.8) is 0 Å². The van der Waals surface area contributed by atoms with Gasteiger partial charge < -0.3 is 24.7 Å².